The van der Waals surface area contributed by atoms with Crippen molar-refractivity contribution >= 4 is 5.91 Å². The van der Waals surface area contributed by atoms with Crippen LogP contribution in [0.15, 0.2) is 21.9 Å². The molecule has 1 aromatic rings. The van der Waals surface area contributed by atoms with E-state index < -0.39 is 11.2 Å². The smallest absolute Gasteiger partial charge is 0.331 e. The SMILES string of the molecule is CCCn1ccc(=O)n(CC(=O)N(C)C)c1=O. The maximum Gasteiger partial charge on any atom is 0.331 e. The van der Waals surface area contributed by atoms with Gasteiger partial charge in [-0.05, 0) is 6.42 Å². The Morgan fingerprint density at radius 2 is 2.00 bits per heavy atom. The Labute approximate surface area is 99.1 Å². The third kappa shape index (κ3) is 3.05. The minimum absolute atomic E-state index is 0.213. The topological polar surface area (TPSA) is 64.3 Å². The molecule has 0 aliphatic rings. The fourth-order valence-corrected chi connectivity index (χ4v) is 1.39. The molecular formula is C11H17N3O3. The van der Waals surface area contributed by atoms with Gasteiger partial charge in [0, 0.05) is 32.9 Å². The molecule has 0 radical (unpaired) electrons. The zero-order valence-corrected chi connectivity index (χ0v) is 10.3. The maximum atomic E-state index is 11.9. The molecule has 0 aliphatic carbocycles. The Bertz CT molecular complexity index is 513. The van der Waals surface area contributed by atoms with Gasteiger partial charge in [0.25, 0.3) is 5.56 Å². The summed E-state index contributed by atoms with van der Waals surface area (Å²) in [5.41, 5.74) is -0.882. The average molecular weight is 239 g/mol. The van der Waals surface area contributed by atoms with E-state index in [1.54, 1.807) is 14.1 Å². The predicted octanol–water partition coefficient (Wildman–Crippen LogP) is -0.492. The monoisotopic (exact) mass is 239 g/mol. The van der Waals surface area contributed by atoms with Crippen molar-refractivity contribution in [3.8, 4) is 0 Å². The number of aromatic nitrogens is 2. The highest BCUT2D eigenvalue weighted by molar-refractivity contribution is 5.75. The van der Waals surface area contributed by atoms with Gasteiger partial charge in [0.2, 0.25) is 5.91 Å². The number of rotatable bonds is 4. The molecule has 17 heavy (non-hydrogen) atoms. The van der Waals surface area contributed by atoms with Gasteiger partial charge in [0.05, 0.1) is 0 Å². The number of hydrogen-bond donors (Lipinski definition) is 0. The molecule has 1 heterocycles. The molecule has 0 aromatic carbocycles. The molecule has 0 spiro atoms. The fraction of sp³-hybridized carbons (Fsp3) is 0.545. The normalized spacial score (nSPS) is 10.3. The summed E-state index contributed by atoms with van der Waals surface area (Å²) in [4.78, 5) is 36.3. The number of aryl methyl sites for hydroxylation is 1. The molecule has 1 aromatic heterocycles. The van der Waals surface area contributed by atoms with Crippen molar-refractivity contribution < 1.29 is 4.79 Å². The van der Waals surface area contributed by atoms with Gasteiger partial charge in [-0.3, -0.25) is 14.2 Å². The van der Waals surface area contributed by atoms with Gasteiger partial charge in [-0.2, -0.15) is 0 Å². The minimum Gasteiger partial charge on any atom is -0.347 e. The van der Waals surface area contributed by atoms with Crippen LogP contribution in [0.5, 0.6) is 0 Å². The highest BCUT2D eigenvalue weighted by Gasteiger charge is 2.10. The van der Waals surface area contributed by atoms with Crippen molar-refractivity contribution in [2.45, 2.75) is 26.4 Å². The molecule has 6 nitrogen and oxygen atoms in total. The molecule has 0 atom stereocenters. The summed E-state index contributed by atoms with van der Waals surface area (Å²) >= 11 is 0. The van der Waals surface area contributed by atoms with Crippen molar-refractivity contribution in [2.75, 3.05) is 14.1 Å². The molecule has 94 valence electrons. The first kappa shape index (κ1) is 13.2. The molecule has 0 saturated carbocycles. The molecule has 0 fully saturated rings. The molecular weight excluding hydrogens is 222 g/mol. The number of hydrogen-bond acceptors (Lipinski definition) is 3. The van der Waals surface area contributed by atoms with E-state index >= 15 is 0 Å². The number of amides is 1. The Hall–Kier alpha value is -1.85. The molecule has 0 bridgehead atoms. The first-order valence-corrected chi connectivity index (χ1v) is 5.47. The quantitative estimate of drug-likeness (QED) is 0.712. The summed E-state index contributed by atoms with van der Waals surface area (Å²) in [7, 11) is 3.17. The van der Waals surface area contributed by atoms with Crippen molar-refractivity contribution in [2.24, 2.45) is 0 Å². The second-order valence-corrected chi connectivity index (χ2v) is 4.00. The molecule has 0 aliphatic heterocycles. The fourth-order valence-electron chi connectivity index (χ4n) is 1.39. The number of carbonyl (C=O) groups excluding carboxylic acids is 1. The maximum absolute atomic E-state index is 11.9. The first-order chi connectivity index (χ1) is 7.97. The molecule has 0 unspecified atom stereocenters. The molecule has 1 rings (SSSR count). The van der Waals surface area contributed by atoms with Crippen LogP contribution < -0.4 is 11.2 Å². The summed E-state index contributed by atoms with van der Waals surface area (Å²) in [6.45, 7) is 2.26. The van der Waals surface area contributed by atoms with E-state index in [1.165, 1.54) is 21.7 Å². The van der Waals surface area contributed by atoms with Gasteiger partial charge < -0.3 is 9.47 Å². The van der Waals surface area contributed by atoms with Gasteiger partial charge in [0.1, 0.15) is 6.54 Å². The van der Waals surface area contributed by atoms with Crippen molar-refractivity contribution in [1.82, 2.24) is 14.0 Å². The van der Waals surface area contributed by atoms with E-state index in [9.17, 15) is 14.4 Å². The Balaban J connectivity index is 3.14. The molecule has 6 heteroatoms. The lowest BCUT2D eigenvalue weighted by atomic mass is 10.4. The zero-order chi connectivity index (χ0) is 13.0. The van der Waals surface area contributed by atoms with Crippen LogP contribution in [0.1, 0.15) is 13.3 Å². The van der Waals surface area contributed by atoms with Crippen molar-refractivity contribution in [3.63, 3.8) is 0 Å². The average Bonchev–Trinajstić information content (AvgIpc) is 2.28. The van der Waals surface area contributed by atoms with Crippen LogP contribution in [0.3, 0.4) is 0 Å². The van der Waals surface area contributed by atoms with Gasteiger partial charge in [0.15, 0.2) is 0 Å². The van der Waals surface area contributed by atoms with Crippen LogP contribution in [-0.2, 0) is 17.9 Å². The van der Waals surface area contributed by atoms with Crippen LogP contribution >= 0.6 is 0 Å². The van der Waals surface area contributed by atoms with Gasteiger partial charge in [-0.25, -0.2) is 4.79 Å². The van der Waals surface area contributed by atoms with E-state index in [2.05, 4.69) is 0 Å². The van der Waals surface area contributed by atoms with Gasteiger partial charge >= 0.3 is 5.69 Å². The first-order valence-electron chi connectivity index (χ1n) is 5.47. The number of likely N-dealkylation sites (N-methyl/N-ethyl adjacent to an activating group) is 1. The lowest BCUT2D eigenvalue weighted by molar-refractivity contribution is -0.129. The molecule has 0 saturated heterocycles. The zero-order valence-electron chi connectivity index (χ0n) is 10.3. The second kappa shape index (κ2) is 5.47. The van der Waals surface area contributed by atoms with Crippen molar-refractivity contribution in [1.29, 1.82) is 0 Å². The van der Waals surface area contributed by atoms with Gasteiger partial charge in [-0.1, -0.05) is 6.92 Å². The third-order valence-corrected chi connectivity index (χ3v) is 2.40. The highest BCUT2D eigenvalue weighted by Crippen LogP contribution is 1.86. The molecule has 1 amide bonds. The summed E-state index contributed by atoms with van der Waals surface area (Å²) < 4.78 is 2.39. The van der Waals surface area contributed by atoms with Crippen LogP contribution in [0.25, 0.3) is 0 Å². The summed E-state index contributed by atoms with van der Waals surface area (Å²) in [6.07, 6.45) is 2.25. The second-order valence-electron chi connectivity index (χ2n) is 4.00. The van der Waals surface area contributed by atoms with Gasteiger partial charge in [-0.15, -0.1) is 0 Å². The third-order valence-electron chi connectivity index (χ3n) is 2.40. The molecule has 0 N–H and O–H groups in total. The highest BCUT2D eigenvalue weighted by atomic mass is 16.2. The number of carbonyl (C=O) groups is 1. The standard InChI is InChI=1S/C11H17N3O3/c1-4-6-13-7-5-9(15)14(11(13)17)8-10(16)12(2)3/h5,7H,4,6,8H2,1-3H3. The van der Waals surface area contributed by atoms with Crippen LogP contribution in [0, 0.1) is 0 Å². The van der Waals surface area contributed by atoms with E-state index in [0.29, 0.717) is 6.54 Å². The Kier molecular flexibility index (Phi) is 4.25. The van der Waals surface area contributed by atoms with E-state index in [0.717, 1.165) is 11.0 Å². The van der Waals surface area contributed by atoms with E-state index in [-0.39, 0.29) is 12.5 Å². The summed E-state index contributed by atoms with van der Waals surface area (Å²) in [5, 5.41) is 0. The van der Waals surface area contributed by atoms with Crippen LogP contribution in [0.2, 0.25) is 0 Å². The predicted molar refractivity (Wildman–Crippen MR) is 63.9 cm³/mol. The summed E-state index contributed by atoms with van der Waals surface area (Å²) in [5.74, 6) is -0.279. The summed E-state index contributed by atoms with van der Waals surface area (Å²) in [6, 6.07) is 1.31. The van der Waals surface area contributed by atoms with E-state index in [1.807, 2.05) is 6.92 Å². The van der Waals surface area contributed by atoms with Crippen molar-refractivity contribution in [3.05, 3.63) is 33.1 Å². The van der Waals surface area contributed by atoms with Crippen LogP contribution in [0.4, 0.5) is 0 Å². The van der Waals surface area contributed by atoms with E-state index in [4.69, 9.17) is 0 Å². The Morgan fingerprint density at radius 1 is 1.35 bits per heavy atom. The van der Waals surface area contributed by atoms with Crippen LogP contribution in [-0.4, -0.2) is 34.0 Å². The largest absolute Gasteiger partial charge is 0.347 e. The minimum atomic E-state index is -0.447. The Morgan fingerprint density at radius 3 is 2.53 bits per heavy atom. The lowest BCUT2D eigenvalue weighted by Gasteiger charge is -2.12. The lowest BCUT2D eigenvalue weighted by Crippen LogP contribution is -2.42. The number of nitrogens with zero attached hydrogens (tertiary/aromatic N) is 3.